The van der Waals surface area contributed by atoms with Gasteiger partial charge in [-0.15, -0.1) is 0 Å². The molecule has 0 fully saturated rings. The SMILES string of the molecule is CCOC(=O)c1ccccc1OB(O)O. The first-order chi connectivity index (χ1) is 7.15. The van der Waals surface area contributed by atoms with E-state index in [2.05, 4.69) is 4.65 Å². The summed E-state index contributed by atoms with van der Waals surface area (Å²) in [6, 6.07) is 6.17. The van der Waals surface area contributed by atoms with E-state index in [1.807, 2.05) is 0 Å². The van der Waals surface area contributed by atoms with Crippen molar-refractivity contribution < 1.29 is 24.2 Å². The lowest BCUT2D eigenvalue weighted by Crippen LogP contribution is -2.22. The van der Waals surface area contributed by atoms with Gasteiger partial charge in [0.15, 0.2) is 0 Å². The highest BCUT2D eigenvalue weighted by atomic mass is 16.6. The van der Waals surface area contributed by atoms with Gasteiger partial charge < -0.3 is 19.4 Å². The molecule has 1 aromatic carbocycles. The predicted molar refractivity (Wildman–Crippen MR) is 53.2 cm³/mol. The van der Waals surface area contributed by atoms with Crippen molar-refractivity contribution in [3.63, 3.8) is 0 Å². The average molecular weight is 210 g/mol. The number of hydrogen-bond acceptors (Lipinski definition) is 5. The third-order valence-electron chi connectivity index (χ3n) is 1.61. The maximum atomic E-state index is 11.4. The third kappa shape index (κ3) is 3.27. The standard InChI is InChI=1S/C9H11BO5/c1-2-14-9(11)7-5-3-4-6-8(7)15-10(12)13/h3-6,12-13H,2H2,1H3. The highest BCUT2D eigenvalue weighted by Crippen LogP contribution is 2.18. The summed E-state index contributed by atoms with van der Waals surface area (Å²) in [7, 11) is -1.96. The molecule has 0 radical (unpaired) electrons. The molecule has 0 bridgehead atoms. The van der Waals surface area contributed by atoms with Gasteiger partial charge in [0.25, 0.3) is 0 Å². The van der Waals surface area contributed by atoms with Crippen LogP contribution >= 0.6 is 0 Å². The molecule has 0 amide bonds. The topological polar surface area (TPSA) is 76.0 Å². The molecule has 0 atom stereocenters. The van der Waals surface area contributed by atoms with Crippen LogP contribution in [-0.4, -0.2) is 29.9 Å². The molecular formula is C9H11BO5. The van der Waals surface area contributed by atoms with Crippen LogP contribution in [0.25, 0.3) is 0 Å². The highest BCUT2D eigenvalue weighted by molar-refractivity contribution is 6.34. The van der Waals surface area contributed by atoms with E-state index in [1.165, 1.54) is 12.1 Å². The molecule has 0 aliphatic carbocycles. The molecule has 15 heavy (non-hydrogen) atoms. The lowest BCUT2D eigenvalue weighted by Gasteiger charge is -2.09. The minimum Gasteiger partial charge on any atom is -0.511 e. The number of para-hydroxylation sites is 1. The van der Waals surface area contributed by atoms with Crippen LogP contribution in [-0.2, 0) is 4.74 Å². The quantitative estimate of drug-likeness (QED) is 0.548. The first-order valence-corrected chi connectivity index (χ1v) is 4.44. The van der Waals surface area contributed by atoms with Crippen LogP contribution in [0.5, 0.6) is 5.75 Å². The summed E-state index contributed by atoms with van der Waals surface area (Å²) >= 11 is 0. The van der Waals surface area contributed by atoms with Crippen molar-refractivity contribution in [2.24, 2.45) is 0 Å². The zero-order chi connectivity index (χ0) is 11.3. The van der Waals surface area contributed by atoms with Crippen LogP contribution in [0, 0.1) is 0 Å². The van der Waals surface area contributed by atoms with Gasteiger partial charge in [0.2, 0.25) is 0 Å². The molecule has 0 saturated carbocycles. The summed E-state index contributed by atoms with van der Waals surface area (Å²) in [5, 5.41) is 17.2. The Bertz CT molecular complexity index is 339. The summed E-state index contributed by atoms with van der Waals surface area (Å²) in [4.78, 5) is 11.4. The Balaban J connectivity index is 2.90. The van der Waals surface area contributed by atoms with Crippen molar-refractivity contribution >= 4 is 13.3 Å². The largest absolute Gasteiger partial charge is 0.707 e. The summed E-state index contributed by atoms with van der Waals surface area (Å²) in [6.45, 7) is 1.93. The second-order valence-electron chi connectivity index (χ2n) is 2.66. The van der Waals surface area contributed by atoms with E-state index in [0.29, 0.717) is 0 Å². The Morgan fingerprint density at radius 3 is 2.67 bits per heavy atom. The van der Waals surface area contributed by atoms with Crippen molar-refractivity contribution in [3.8, 4) is 5.75 Å². The minimum absolute atomic E-state index is 0.0750. The monoisotopic (exact) mass is 210 g/mol. The normalized spacial score (nSPS) is 9.53. The smallest absolute Gasteiger partial charge is 0.511 e. The number of benzene rings is 1. The second-order valence-corrected chi connectivity index (χ2v) is 2.66. The molecule has 1 aromatic rings. The van der Waals surface area contributed by atoms with E-state index in [1.54, 1.807) is 19.1 Å². The molecule has 0 aliphatic rings. The van der Waals surface area contributed by atoms with Crippen LogP contribution in [0.15, 0.2) is 24.3 Å². The zero-order valence-corrected chi connectivity index (χ0v) is 8.21. The molecule has 6 heteroatoms. The van der Waals surface area contributed by atoms with Crippen molar-refractivity contribution in [2.45, 2.75) is 6.92 Å². The predicted octanol–water partition coefficient (Wildman–Crippen LogP) is 0.212. The fourth-order valence-corrected chi connectivity index (χ4v) is 1.06. The van der Waals surface area contributed by atoms with Crippen LogP contribution < -0.4 is 4.65 Å². The number of ether oxygens (including phenoxy) is 1. The zero-order valence-electron chi connectivity index (χ0n) is 8.21. The molecule has 2 N–H and O–H groups in total. The van der Waals surface area contributed by atoms with Crippen molar-refractivity contribution in [1.82, 2.24) is 0 Å². The molecule has 0 spiro atoms. The Morgan fingerprint density at radius 1 is 1.40 bits per heavy atom. The van der Waals surface area contributed by atoms with Gasteiger partial charge in [-0.2, -0.15) is 0 Å². The number of hydrogen-bond donors (Lipinski definition) is 2. The van der Waals surface area contributed by atoms with Gasteiger partial charge in [-0.25, -0.2) is 4.79 Å². The molecule has 1 rings (SSSR count). The van der Waals surface area contributed by atoms with Gasteiger partial charge in [0.1, 0.15) is 5.75 Å². The first kappa shape index (κ1) is 11.5. The molecule has 80 valence electrons. The Kier molecular flexibility index (Phi) is 4.14. The molecule has 0 unspecified atom stereocenters. The van der Waals surface area contributed by atoms with E-state index >= 15 is 0 Å². The molecule has 5 nitrogen and oxygen atoms in total. The maximum absolute atomic E-state index is 11.4. The van der Waals surface area contributed by atoms with Gasteiger partial charge in [0.05, 0.1) is 12.2 Å². The number of rotatable bonds is 4. The van der Waals surface area contributed by atoms with Crippen molar-refractivity contribution in [3.05, 3.63) is 29.8 Å². The Labute approximate surface area is 87.4 Å². The van der Waals surface area contributed by atoms with Crippen LogP contribution in [0.2, 0.25) is 0 Å². The first-order valence-electron chi connectivity index (χ1n) is 4.44. The average Bonchev–Trinajstić information content (AvgIpc) is 2.18. The van der Waals surface area contributed by atoms with Gasteiger partial charge in [-0.05, 0) is 19.1 Å². The summed E-state index contributed by atoms with van der Waals surface area (Å²) < 4.78 is 9.39. The van der Waals surface area contributed by atoms with E-state index in [-0.39, 0.29) is 17.9 Å². The van der Waals surface area contributed by atoms with Crippen LogP contribution in [0.1, 0.15) is 17.3 Å². The summed E-state index contributed by atoms with van der Waals surface area (Å²) in [6.07, 6.45) is 0. The van der Waals surface area contributed by atoms with Gasteiger partial charge >= 0.3 is 13.3 Å². The molecule has 0 heterocycles. The fourth-order valence-electron chi connectivity index (χ4n) is 1.06. The van der Waals surface area contributed by atoms with Crippen LogP contribution in [0.4, 0.5) is 0 Å². The lowest BCUT2D eigenvalue weighted by atomic mass is 10.1. The third-order valence-corrected chi connectivity index (χ3v) is 1.61. The fraction of sp³-hybridized carbons (Fsp3) is 0.222. The molecule has 0 aromatic heterocycles. The lowest BCUT2D eigenvalue weighted by molar-refractivity contribution is 0.0523. The van der Waals surface area contributed by atoms with E-state index < -0.39 is 13.3 Å². The summed E-state index contributed by atoms with van der Waals surface area (Å²) in [5.41, 5.74) is 0.160. The van der Waals surface area contributed by atoms with Gasteiger partial charge in [-0.3, -0.25) is 0 Å². The van der Waals surface area contributed by atoms with Crippen molar-refractivity contribution in [1.29, 1.82) is 0 Å². The number of carbonyl (C=O) groups is 1. The molecular weight excluding hydrogens is 199 g/mol. The molecule has 0 aliphatic heterocycles. The highest BCUT2D eigenvalue weighted by Gasteiger charge is 2.18. The van der Waals surface area contributed by atoms with Crippen LogP contribution in [0.3, 0.4) is 0 Å². The van der Waals surface area contributed by atoms with E-state index in [0.717, 1.165) is 0 Å². The summed E-state index contributed by atoms with van der Waals surface area (Å²) in [5.74, 6) is -0.486. The van der Waals surface area contributed by atoms with Crippen molar-refractivity contribution in [2.75, 3.05) is 6.61 Å². The van der Waals surface area contributed by atoms with Gasteiger partial charge in [0, 0.05) is 0 Å². The number of esters is 1. The Morgan fingerprint density at radius 2 is 2.07 bits per heavy atom. The van der Waals surface area contributed by atoms with E-state index in [9.17, 15) is 4.79 Å². The second kappa shape index (κ2) is 5.38. The number of carbonyl (C=O) groups excluding carboxylic acids is 1. The molecule has 0 saturated heterocycles. The van der Waals surface area contributed by atoms with E-state index in [4.69, 9.17) is 14.8 Å². The van der Waals surface area contributed by atoms with Gasteiger partial charge in [-0.1, -0.05) is 12.1 Å². The minimum atomic E-state index is -1.96. The maximum Gasteiger partial charge on any atom is 0.707 e. The Hall–Kier alpha value is -1.53.